The van der Waals surface area contributed by atoms with Crippen molar-refractivity contribution in [2.75, 3.05) is 13.2 Å². The zero-order chi connectivity index (χ0) is 12.3. The molecule has 2 heterocycles. The molecule has 0 aliphatic carbocycles. The third kappa shape index (κ3) is 2.74. The smallest absolute Gasteiger partial charge is 0.416 e. The maximum Gasteiger partial charge on any atom is 0.416 e. The van der Waals surface area contributed by atoms with Gasteiger partial charge in [-0.2, -0.15) is 0 Å². The lowest BCUT2D eigenvalue weighted by atomic mass is 10.3. The normalized spacial score (nSPS) is 15.6. The second kappa shape index (κ2) is 5.14. The fourth-order valence-corrected chi connectivity index (χ4v) is 2.37. The van der Waals surface area contributed by atoms with Crippen molar-refractivity contribution in [2.24, 2.45) is 0 Å². The number of amides is 2. The number of hydrogen-bond donors (Lipinski definition) is 0. The summed E-state index contributed by atoms with van der Waals surface area (Å²) in [5.74, 6) is -0.320. The van der Waals surface area contributed by atoms with Crippen LogP contribution < -0.4 is 0 Å². The standard InChI is InChI=1S/C12H13NO3S/c1-2-9-3-4-10(17-9)5-6-11(14)13-7-8-16-12(13)15/h3-6H,2,7-8H2,1H3/b6-5+. The van der Waals surface area contributed by atoms with Crippen LogP contribution in [0.4, 0.5) is 4.79 Å². The molecular formula is C12H13NO3S. The van der Waals surface area contributed by atoms with Crippen molar-refractivity contribution in [3.05, 3.63) is 28.0 Å². The maximum absolute atomic E-state index is 11.6. The lowest BCUT2D eigenvalue weighted by Gasteiger charge is -2.05. The van der Waals surface area contributed by atoms with Gasteiger partial charge in [0, 0.05) is 15.8 Å². The summed E-state index contributed by atoms with van der Waals surface area (Å²) in [6, 6.07) is 4.01. The van der Waals surface area contributed by atoms with Crippen LogP contribution in [-0.2, 0) is 16.0 Å². The van der Waals surface area contributed by atoms with E-state index in [-0.39, 0.29) is 12.5 Å². The highest BCUT2D eigenvalue weighted by atomic mass is 32.1. The number of rotatable bonds is 3. The van der Waals surface area contributed by atoms with E-state index in [1.165, 1.54) is 11.0 Å². The fourth-order valence-electron chi connectivity index (χ4n) is 1.51. The molecule has 2 amide bonds. The van der Waals surface area contributed by atoms with Crippen LogP contribution in [0, 0.1) is 0 Å². The molecule has 5 heteroatoms. The Morgan fingerprint density at radius 1 is 1.59 bits per heavy atom. The molecule has 1 fully saturated rings. The van der Waals surface area contributed by atoms with E-state index in [1.54, 1.807) is 17.4 Å². The van der Waals surface area contributed by atoms with Crippen LogP contribution in [0.25, 0.3) is 6.08 Å². The minimum atomic E-state index is -0.555. The predicted octanol–water partition coefficient (Wildman–Crippen LogP) is 2.30. The Labute approximate surface area is 103 Å². The number of hydrogen-bond acceptors (Lipinski definition) is 4. The molecule has 0 saturated carbocycles. The largest absolute Gasteiger partial charge is 0.447 e. The van der Waals surface area contributed by atoms with Gasteiger partial charge in [0.05, 0.1) is 6.54 Å². The molecule has 1 aliphatic rings. The summed E-state index contributed by atoms with van der Waals surface area (Å²) >= 11 is 1.64. The lowest BCUT2D eigenvalue weighted by molar-refractivity contribution is -0.122. The summed E-state index contributed by atoms with van der Waals surface area (Å²) in [6.07, 6.45) is 3.58. The van der Waals surface area contributed by atoms with Crippen molar-refractivity contribution in [3.63, 3.8) is 0 Å². The first-order chi connectivity index (χ1) is 8.20. The number of cyclic esters (lactones) is 1. The van der Waals surface area contributed by atoms with Gasteiger partial charge in [-0.1, -0.05) is 6.92 Å². The van der Waals surface area contributed by atoms with Crippen molar-refractivity contribution in [2.45, 2.75) is 13.3 Å². The molecule has 0 N–H and O–H groups in total. The first-order valence-electron chi connectivity index (χ1n) is 5.45. The van der Waals surface area contributed by atoms with Crippen LogP contribution in [0.15, 0.2) is 18.2 Å². The minimum Gasteiger partial charge on any atom is -0.447 e. The zero-order valence-corrected chi connectivity index (χ0v) is 10.3. The van der Waals surface area contributed by atoms with Gasteiger partial charge < -0.3 is 4.74 Å². The van der Waals surface area contributed by atoms with Gasteiger partial charge in [-0.25, -0.2) is 9.69 Å². The third-order valence-electron chi connectivity index (χ3n) is 2.45. The van der Waals surface area contributed by atoms with Crippen molar-refractivity contribution in [1.82, 2.24) is 4.90 Å². The van der Waals surface area contributed by atoms with Crippen LogP contribution in [0.3, 0.4) is 0 Å². The van der Waals surface area contributed by atoms with Crippen LogP contribution in [0.5, 0.6) is 0 Å². The monoisotopic (exact) mass is 251 g/mol. The maximum atomic E-state index is 11.6. The van der Waals surface area contributed by atoms with Gasteiger partial charge in [0.25, 0.3) is 5.91 Å². The summed E-state index contributed by atoms with van der Waals surface area (Å²) < 4.78 is 4.70. The van der Waals surface area contributed by atoms with Gasteiger partial charge in [0.15, 0.2) is 0 Å². The molecule has 1 aromatic rings. The molecule has 17 heavy (non-hydrogen) atoms. The molecule has 0 aromatic carbocycles. The first kappa shape index (κ1) is 11.9. The Morgan fingerprint density at radius 2 is 2.41 bits per heavy atom. The Bertz CT molecular complexity index is 464. The summed E-state index contributed by atoms with van der Waals surface area (Å²) in [5, 5.41) is 0. The molecule has 0 unspecified atom stereocenters. The van der Waals surface area contributed by atoms with Crippen molar-refractivity contribution in [1.29, 1.82) is 0 Å². The lowest BCUT2D eigenvalue weighted by Crippen LogP contribution is -2.29. The topological polar surface area (TPSA) is 46.6 Å². The highest BCUT2D eigenvalue weighted by Crippen LogP contribution is 2.18. The number of imide groups is 1. The molecule has 1 aliphatic heterocycles. The number of ether oxygens (including phenoxy) is 1. The Hall–Kier alpha value is -1.62. The van der Waals surface area contributed by atoms with E-state index in [2.05, 4.69) is 6.92 Å². The van der Waals surface area contributed by atoms with Gasteiger partial charge in [-0.3, -0.25) is 4.79 Å². The van der Waals surface area contributed by atoms with Crippen LogP contribution in [0.1, 0.15) is 16.7 Å². The van der Waals surface area contributed by atoms with Gasteiger partial charge in [-0.15, -0.1) is 11.3 Å². The highest BCUT2D eigenvalue weighted by Gasteiger charge is 2.26. The molecule has 1 saturated heterocycles. The number of carbonyl (C=O) groups is 2. The van der Waals surface area contributed by atoms with Gasteiger partial charge >= 0.3 is 6.09 Å². The van der Waals surface area contributed by atoms with E-state index in [4.69, 9.17) is 4.74 Å². The molecular weight excluding hydrogens is 238 g/mol. The summed E-state index contributed by atoms with van der Waals surface area (Å²) in [6.45, 7) is 2.72. The fraction of sp³-hybridized carbons (Fsp3) is 0.333. The van der Waals surface area contributed by atoms with Gasteiger partial charge in [0.2, 0.25) is 0 Å². The van der Waals surface area contributed by atoms with Crippen molar-refractivity contribution in [3.8, 4) is 0 Å². The molecule has 0 spiro atoms. The summed E-state index contributed by atoms with van der Waals surface area (Å²) in [4.78, 5) is 26.2. The minimum absolute atomic E-state index is 0.289. The zero-order valence-electron chi connectivity index (χ0n) is 9.51. The van der Waals surface area contributed by atoms with E-state index in [0.717, 1.165) is 16.2 Å². The molecule has 1 aromatic heterocycles. The van der Waals surface area contributed by atoms with Crippen molar-refractivity contribution < 1.29 is 14.3 Å². The SMILES string of the molecule is CCc1ccc(/C=C/C(=O)N2CCOC2=O)s1. The quantitative estimate of drug-likeness (QED) is 0.774. The molecule has 0 radical (unpaired) electrons. The van der Waals surface area contributed by atoms with E-state index in [9.17, 15) is 9.59 Å². The number of thiophene rings is 1. The van der Waals surface area contributed by atoms with Crippen LogP contribution in [-0.4, -0.2) is 30.1 Å². The second-order valence-corrected chi connectivity index (χ2v) is 4.80. The summed E-state index contributed by atoms with van der Waals surface area (Å²) in [5.41, 5.74) is 0. The van der Waals surface area contributed by atoms with Crippen molar-refractivity contribution >= 4 is 29.4 Å². The molecule has 0 bridgehead atoms. The van der Waals surface area contributed by atoms with Crippen LogP contribution >= 0.6 is 11.3 Å². The second-order valence-electron chi connectivity index (χ2n) is 3.60. The number of aryl methyl sites for hydroxylation is 1. The Morgan fingerprint density at radius 3 is 3.00 bits per heavy atom. The average Bonchev–Trinajstić information content (AvgIpc) is 2.94. The van der Waals surface area contributed by atoms with E-state index in [0.29, 0.717) is 6.54 Å². The molecule has 2 rings (SSSR count). The highest BCUT2D eigenvalue weighted by molar-refractivity contribution is 7.12. The molecule has 0 atom stereocenters. The average molecular weight is 251 g/mol. The Kier molecular flexibility index (Phi) is 3.58. The van der Waals surface area contributed by atoms with E-state index < -0.39 is 6.09 Å². The Balaban J connectivity index is 2.00. The summed E-state index contributed by atoms with van der Waals surface area (Å²) in [7, 11) is 0. The van der Waals surface area contributed by atoms with E-state index in [1.807, 2.05) is 12.1 Å². The van der Waals surface area contributed by atoms with E-state index >= 15 is 0 Å². The molecule has 90 valence electrons. The van der Waals surface area contributed by atoms with Crippen LogP contribution in [0.2, 0.25) is 0 Å². The van der Waals surface area contributed by atoms with Gasteiger partial charge in [-0.05, 0) is 24.6 Å². The number of nitrogens with zero attached hydrogens (tertiary/aromatic N) is 1. The third-order valence-corrected chi connectivity index (χ3v) is 3.64. The number of carbonyl (C=O) groups excluding carboxylic acids is 2. The van der Waals surface area contributed by atoms with Gasteiger partial charge in [0.1, 0.15) is 6.61 Å². The first-order valence-corrected chi connectivity index (χ1v) is 6.27. The molecule has 4 nitrogen and oxygen atoms in total. The predicted molar refractivity (Wildman–Crippen MR) is 65.8 cm³/mol.